The highest BCUT2D eigenvalue weighted by Crippen LogP contribution is 2.48. The van der Waals surface area contributed by atoms with Crippen molar-refractivity contribution in [2.45, 2.75) is 13.0 Å². The lowest BCUT2D eigenvalue weighted by molar-refractivity contribution is -0.142. The Morgan fingerprint density at radius 1 is 1.17 bits per heavy atom. The molecule has 1 aliphatic carbocycles. The van der Waals surface area contributed by atoms with Crippen LogP contribution in [0.5, 0.6) is 0 Å². The number of halogens is 1. The van der Waals surface area contributed by atoms with Gasteiger partial charge in [0.2, 0.25) is 5.76 Å². The quantitative estimate of drug-likeness (QED) is 0.740. The minimum absolute atomic E-state index is 0.0765. The molecule has 0 fully saturated rings. The van der Waals surface area contributed by atoms with Gasteiger partial charge in [0.1, 0.15) is 6.10 Å². The Morgan fingerprint density at radius 3 is 2.52 bits per heavy atom. The Balaban J connectivity index is 2.11. The molecule has 6 heteroatoms. The molecule has 3 rings (SSSR count). The minimum atomic E-state index is -0.677. The number of hydrogen-bond donors (Lipinski definition) is 0. The summed E-state index contributed by atoms with van der Waals surface area (Å²) in [4.78, 5) is 24.1. The van der Waals surface area contributed by atoms with E-state index in [4.69, 9.17) is 14.2 Å². The largest absolute Gasteiger partial charge is 0.477 e. The molecule has 5 nitrogen and oxygen atoms in total. The maximum absolute atomic E-state index is 12.1. The van der Waals surface area contributed by atoms with Crippen LogP contribution in [0.15, 0.2) is 34.0 Å². The van der Waals surface area contributed by atoms with E-state index >= 15 is 0 Å². The number of fused-ring (bicyclic) bond motifs is 3. The summed E-state index contributed by atoms with van der Waals surface area (Å²) in [5.41, 5.74) is 3.23. The molecule has 0 radical (unpaired) electrons. The minimum Gasteiger partial charge on any atom is -0.477 e. The van der Waals surface area contributed by atoms with Crippen molar-refractivity contribution in [3.8, 4) is 0 Å². The van der Waals surface area contributed by atoms with Gasteiger partial charge in [-0.05, 0) is 24.1 Å². The second-order valence-corrected chi connectivity index (χ2v) is 6.18. The van der Waals surface area contributed by atoms with Crippen molar-refractivity contribution in [3.05, 3.63) is 50.7 Å². The molecule has 2 aliphatic rings. The van der Waals surface area contributed by atoms with Crippen LogP contribution in [0, 0.1) is 12.8 Å². The number of carbonyl (C=O) groups is 2. The number of rotatable bonds is 2. The van der Waals surface area contributed by atoms with Crippen molar-refractivity contribution in [1.82, 2.24) is 0 Å². The Kier molecular flexibility index (Phi) is 4.02. The topological polar surface area (TPSA) is 61.8 Å². The van der Waals surface area contributed by atoms with E-state index in [-0.39, 0.29) is 17.3 Å². The molecular formula is C17H15BrO5. The fraction of sp³-hybridized carbons (Fsp3) is 0.294. The molecule has 0 spiro atoms. The van der Waals surface area contributed by atoms with Gasteiger partial charge in [0.25, 0.3) is 0 Å². The predicted octanol–water partition coefficient (Wildman–Crippen LogP) is 3.07. The SMILES string of the molecule is COC(=O)C1=C(C(=O)OC)[C@H]2C=Cc3c(ccc(Br)c3C)[C@H]2O1. The maximum atomic E-state index is 12.1. The lowest BCUT2D eigenvalue weighted by Crippen LogP contribution is -2.18. The molecule has 1 aliphatic heterocycles. The van der Waals surface area contributed by atoms with Gasteiger partial charge in [0, 0.05) is 10.0 Å². The van der Waals surface area contributed by atoms with E-state index < -0.39 is 18.0 Å². The van der Waals surface area contributed by atoms with Gasteiger partial charge >= 0.3 is 11.9 Å². The molecule has 0 amide bonds. The highest BCUT2D eigenvalue weighted by Gasteiger charge is 2.45. The summed E-state index contributed by atoms with van der Waals surface area (Å²) in [6.07, 6.45) is 3.38. The molecule has 0 saturated heterocycles. The van der Waals surface area contributed by atoms with Gasteiger partial charge in [-0.25, -0.2) is 9.59 Å². The highest BCUT2D eigenvalue weighted by molar-refractivity contribution is 9.10. The van der Waals surface area contributed by atoms with Crippen LogP contribution in [0.25, 0.3) is 6.08 Å². The smallest absolute Gasteiger partial charge is 0.373 e. The van der Waals surface area contributed by atoms with Crippen molar-refractivity contribution < 1.29 is 23.8 Å². The summed E-state index contributed by atoms with van der Waals surface area (Å²) in [5.74, 6) is -1.71. The average Bonchev–Trinajstić information content (AvgIpc) is 2.96. The maximum Gasteiger partial charge on any atom is 0.373 e. The standard InChI is InChI=1S/C17H15BrO5/c1-8-9-4-5-11-13(16(19)21-2)15(17(20)22-3)23-14(11)10(9)6-7-12(8)18/h4-7,11,14H,1-3H3/t11-,14-/m1/s1. The molecule has 120 valence electrons. The first-order valence-electron chi connectivity index (χ1n) is 7.04. The van der Waals surface area contributed by atoms with Crippen LogP contribution >= 0.6 is 15.9 Å². The molecule has 1 heterocycles. The van der Waals surface area contributed by atoms with Crippen LogP contribution < -0.4 is 0 Å². The van der Waals surface area contributed by atoms with E-state index in [1.54, 1.807) is 0 Å². The summed E-state index contributed by atoms with van der Waals surface area (Å²) in [6, 6.07) is 3.87. The van der Waals surface area contributed by atoms with Crippen LogP contribution in [0.2, 0.25) is 0 Å². The zero-order chi connectivity index (χ0) is 16.7. The monoisotopic (exact) mass is 378 g/mol. The van der Waals surface area contributed by atoms with Gasteiger partial charge in [-0.1, -0.05) is 34.1 Å². The predicted molar refractivity (Wildman–Crippen MR) is 86.3 cm³/mol. The van der Waals surface area contributed by atoms with Crippen LogP contribution in [0.1, 0.15) is 22.8 Å². The Hall–Kier alpha value is -2.08. The molecule has 0 bridgehead atoms. The van der Waals surface area contributed by atoms with Crippen LogP contribution in [0.4, 0.5) is 0 Å². The lowest BCUT2D eigenvalue weighted by Gasteiger charge is -2.25. The van der Waals surface area contributed by atoms with Gasteiger partial charge < -0.3 is 14.2 Å². The normalized spacial score (nSPS) is 21.4. The van der Waals surface area contributed by atoms with Gasteiger partial charge in [-0.2, -0.15) is 0 Å². The molecule has 0 saturated carbocycles. The van der Waals surface area contributed by atoms with E-state index in [2.05, 4.69) is 15.9 Å². The van der Waals surface area contributed by atoms with Gasteiger partial charge in [0.15, 0.2) is 0 Å². The molecular weight excluding hydrogens is 364 g/mol. The summed E-state index contributed by atoms with van der Waals surface area (Å²) < 4.78 is 16.4. The third-order valence-corrected chi connectivity index (χ3v) is 5.04. The fourth-order valence-electron chi connectivity index (χ4n) is 3.00. The van der Waals surface area contributed by atoms with Crippen LogP contribution in [-0.2, 0) is 23.8 Å². The number of carbonyl (C=O) groups excluding carboxylic acids is 2. The number of ether oxygens (including phenoxy) is 3. The number of esters is 2. The molecule has 1 aromatic carbocycles. The average molecular weight is 379 g/mol. The van der Waals surface area contributed by atoms with Crippen LogP contribution in [0.3, 0.4) is 0 Å². The summed E-state index contributed by atoms with van der Waals surface area (Å²) >= 11 is 3.51. The molecule has 0 aromatic heterocycles. The zero-order valence-electron chi connectivity index (χ0n) is 12.9. The lowest BCUT2D eigenvalue weighted by atomic mass is 9.82. The zero-order valence-corrected chi connectivity index (χ0v) is 14.5. The first-order valence-corrected chi connectivity index (χ1v) is 7.83. The summed E-state index contributed by atoms with van der Waals surface area (Å²) in [5, 5.41) is 0. The Labute approximate surface area is 142 Å². The first-order chi connectivity index (χ1) is 11.0. The Morgan fingerprint density at radius 2 is 1.87 bits per heavy atom. The number of methoxy groups -OCH3 is 2. The van der Waals surface area contributed by atoms with Crippen molar-refractivity contribution in [3.63, 3.8) is 0 Å². The summed E-state index contributed by atoms with van der Waals surface area (Å²) in [7, 11) is 2.53. The third-order valence-electron chi connectivity index (χ3n) is 4.18. The number of benzene rings is 1. The molecule has 0 N–H and O–H groups in total. The van der Waals surface area contributed by atoms with Crippen molar-refractivity contribution in [1.29, 1.82) is 0 Å². The van der Waals surface area contributed by atoms with E-state index in [9.17, 15) is 9.59 Å². The summed E-state index contributed by atoms with van der Waals surface area (Å²) in [6.45, 7) is 2.00. The molecule has 1 aromatic rings. The van der Waals surface area contributed by atoms with E-state index in [0.29, 0.717) is 0 Å². The molecule has 23 heavy (non-hydrogen) atoms. The van der Waals surface area contributed by atoms with Crippen LogP contribution in [-0.4, -0.2) is 26.2 Å². The van der Waals surface area contributed by atoms with E-state index in [1.807, 2.05) is 31.2 Å². The van der Waals surface area contributed by atoms with Crippen molar-refractivity contribution >= 4 is 33.9 Å². The fourth-order valence-corrected chi connectivity index (χ4v) is 3.35. The van der Waals surface area contributed by atoms with Gasteiger partial charge in [-0.15, -0.1) is 0 Å². The second-order valence-electron chi connectivity index (χ2n) is 5.32. The Bertz CT molecular complexity index is 762. The van der Waals surface area contributed by atoms with Gasteiger partial charge in [-0.3, -0.25) is 0 Å². The second kappa shape index (κ2) is 5.85. The first kappa shape index (κ1) is 15.8. The molecule has 2 atom stereocenters. The van der Waals surface area contributed by atoms with E-state index in [0.717, 1.165) is 21.2 Å². The van der Waals surface area contributed by atoms with E-state index in [1.165, 1.54) is 14.2 Å². The van der Waals surface area contributed by atoms with Crippen molar-refractivity contribution in [2.24, 2.45) is 5.92 Å². The van der Waals surface area contributed by atoms with Gasteiger partial charge in [0.05, 0.1) is 25.7 Å². The highest BCUT2D eigenvalue weighted by atomic mass is 79.9. The molecule has 0 unspecified atom stereocenters. The number of hydrogen-bond acceptors (Lipinski definition) is 5. The van der Waals surface area contributed by atoms with Crippen molar-refractivity contribution in [2.75, 3.05) is 14.2 Å². The third kappa shape index (κ3) is 2.37.